The molecule has 4 heterocycles. The summed E-state index contributed by atoms with van der Waals surface area (Å²) < 4.78 is 2.14. The number of rotatable bonds is 4. The minimum Gasteiger partial charge on any atom is -0.318 e. The Bertz CT molecular complexity index is 1280. The lowest BCUT2D eigenvalue weighted by Gasteiger charge is -2.20. The summed E-state index contributed by atoms with van der Waals surface area (Å²) in [7, 11) is 0. The topological polar surface area (TPSA) is 73.8 Å². The van der Waals surface area contributed by atoms with Crippen LogP contribution in [-0.4, -0.2) is 31.5 Å². The van der Waals surface area contributed by atoms with E-state index in [2.05, 4.69) is 20.7 Å². The molecule has 3 aromatic rings. The molecule has 1 aromatic carbocycles. The first-order chi connectivity index (χ1) is 15.0. The van der Waals surface area contributed by atoms with Crippen LogP contribution in [0.2, 0.25) is 0 Å². The quantitative estimate of drug-likeness (QED) is 0.573. The standard InChI is InChI=1S/C23H19N5OS2/c1-14-11-16(15(2)27(14)17-7-4-3-5-8-17)12-19-21(24)28-23(25-22(19)29)31-20(26-28)13-18-9-6-10-30-18/h3-12,24H,13H2,1-2H3/b19-12+,24-21?. The van der Waals surface area contributed by atoms with E-state index in [1.165, 1.54) is 21.6 Å². The molecule has 2 aromatic heterocycles. The first-order valence-corrected chi connectivity index (χ1v) is 11.5. The van der Waals surface area contributed by atoms with Gasteiger partial charge in [0.25, 0.3) is 5.91 Å². The highest BCUT2D eigenvalue weighted by molar-refractivity contribution is 8.27. The second kappa shape index (κ2) is 7.79. The van der Waals surface area contributed by atoms with E-state index in [1.807, 2.05) is 61.7 Å². The van der Waals surface area contributed by atoms with Crippen molar-refractivity contribution >= 4 is 51.1 Å². The summed E-state index contributed by atoms with van der Waals surface area (Å²) in [5, 5.41) is 18.0. The summed E-state index contributed by atoms with van der Waals surface area (Å²) in [6, 6.07) is 16.2. The molecule has 0 unspecified atom stereocenters. The molecule has 0 saturated carbocycles. The fourth-order valence-corrected chi connectivity index (χ4v) is 5.44. The number of amidine groups is 2. The van der Waals surface area contributed by atoms with Gasteiger partial charge in [-0.1, -0.05) is 24.3 Å². The van der Waals surface area contributed by atoms with Gasteiger partial charge in [-0.15, -0.1) is 11.3 Å². The molecule has 2 aliphatic rings. The molecule has 6 nitrogen and oxygen atoms in total. The van der Waals surface area contributed by atoms with Crippen LogP contribution in [0.15, 0.2) is 69.6 Å². The molecular weight excluding hydrogens is 426 g/mol. The molecule has 5 rings (SSSR count). The van der Waals surface area contributed by atoms with Gasteiger partial charge in [0.05, 0.1) is 5.57 Å². The largest absolute Gasteiger partial charge is 0.318 e. The number of benzene rings is 1. The van der Waals surface area contributed by atoms with Gasteiger partial charge in [-0.25, -0.2) is 0 Å². The molecule has 0 radical (unpaired) electrons. The Morgan fingerprint density at radius 1 is 1.13 bits per heavy atom. The van der Waals surface area contributed by atoms with Crippen LogP contribution in [0.4, 0.5) is 0 Å². The van der Waals surface area contributed by atoms with Crippen LogP contribution >= 0.6 is 23.1 Å². The van der Waals surface area contributed by atoms with E-state index in [4.69, 9.17) is 5.41 Å². The summed E-state index contributed by atoms with van der Waals surface area (Å²) >= 11 is 3.02. The maximum Gasteiger partial charge on any atom is 0.283 e. The van der Waals surface area contributed by atoms with Crippen molar-refractivity contribution in [2.24, 2.45) is 10.1 Å². The van der Waals surface area contributed by atoms with Gasteiger partial charge in [0, 0.05) is 28.4 Å². The zero-order valence-electron chi connectivity index (χ0n) is 17.0. The molecule has 2 aliphatic heterocycles. The van der Waals surface area contributed by atoms with Gasteiger partial charge in [-0.2, -0.15) is 15.1 Å². The third-order valence-corrected chi connectivity index (χ3v) is 6.97. The maximum atomic E-state index is 12.8. The van der Waals surface area contributed by atoms with Gasteiger partial charge < -0.3 is 4.57 Å². The number of carbonyl (C=O) groups is 1. The number of para-hydroxylation sites is 1. The van der Waals surface area contributed by atoms with E-state index in [0.717, 1.165) is 27.7 Å². The predicted octanol–water partition coefficient (Wildman–Crippen LogP) is 5.02. The normalized spacial score (nSPS) is 17.2. The second-order valence-corrected chi connectivity index (χ2v) is 9.34. The van der Waals surface area contributed by atoms with E-state index in [0.29, 0.717) is 11.6 Å². The first kappa shape index (κ1) is 19.7. The maximum absolute atomic E-state index is 12.8. The molecule has 0 saturated heterocycles. The third kappa shape index (κ3) is 3.58. The number of aromatic nitrogens is 1. The van der Waals surface area contributed by atoms with Crippen LogP contribution in [-0.2, 0) is 11.2 Å². The number of hydrogen-bond donors (Lipinski definition) is 1. The SMILES string of the molecule is Cc1cc(/C=C2\C(=N)N3N=C(Cc4cccs4)SC3=NC2=O)c(C)n1-c1ccccc1. The van der Waals surface area contributed by atoms with Crippen molar-refractivity contribution in [1.82, 2.24) is 9.58 Å². The monoisotopic (exact) mass is 445 g/mol. The van der Waals surface area contributed by atoms with Crippen LogP contribution in [0.1, 0.15) is 21.8 Å². The molecule has 154 valence electrons. The van der Waals surface area contributed by atoms with Gasteiger partial charge >= 0.3 is 0 Å². The first-order valence-electron chi connectivity index (χ1n) is 9.77. The van der Waals surface area contributed by atoms with Crippen molar-refractivity contribution in [2.75, 3.05) is 0 Å². The summed E-state index contributed by atoms with van der Waals surface area (Å²) in [6.45, 7) is 4.05. The molecule has 0 aliphatic carbocycles. The minimum atomic E-state index is -0.402. The van der Waals surface area contributed by atoms with Gasteiger partial charge in [0.15, 0.2) is 5.84 Å². The Labute approximate surface area is 188 Å². The van der Waals surface area contributed by atoms with E-state index < -0.39 is 5.91 Å². The highest BCUT2D eigenvalue weighted by Crippen LogP contribution is 2.31. The highest BCUT2D eigenvalue weighted by atomic mass is 32.2. The van der Waals surface area contributed by atoms with Crippen LogP contribution in [0.5, 0.6) is 0 Å². The zero-order chi connectivity index (χ0) is 21.5. The number of amides is 1. The Hall–Kier alpha value is -3.23. The van der Waals surface area contributed by atoms with E-state index >= 15 is 0 Å². The molecule has 31 heavy (non-hydrogen) atoms. The van der Waals surface area contributed by atoms with Gasteiger partial charge in [0.2, 0.25) is 5.17 Å². The van der Waals surface area contributed by atoms with Crippen molar-refractivity contribution in [1.29, 1.82) is 5.41 Å². The molecule has 0 atom stereocenters. The van der Waals surface area contributed by atoms with Crippen molar-refractivity contribution in [3.63, 3.8) is 0 Å². The Kier molecular flexibility index (Phi) is 4.95. The minimum absolute atomic E-state index is 0.0631. The summed E-state index contributed by atoms with van der Waals surface area (Å²) in [4.78, 5) is 18.2. The number of aliphatic imine (C=N–C) groups is 1. The summed E-state index contributed by atoms with van der Waals surface area (Å²) in [5.74, 6) is -0.339. The van der Waals surface area contributed by atoms with E-state index in [9.17, 15) is 4.79 Å². The van der Waals surface area contributed by atoms with Gasteiger partial charge in [0.1, 0.15) is 5.04 Å². The number of hydrazone groups is 1. The van der Waals surface area contributed by atoms with Crippen molar-refractivity contribution < 1.29 is 4.79 Å². The average molecular weight is 446 g/mol. The van der Waals surface area contributed by atoms with Gasteiger partial charge in [-0.05, 0) is 66.9 Å². The molecule has 0 bridgehead atoms. The summed E-state index contributed by atoms with van der Waals surface area (Å²) in [5.41, 5.74) is 4.26. The number of thiophene rings is 1. The number of carbonyl (C=O) groups excluding carboxylic acids is 1. The molecule has 0 spiro atoms. The predicted molar refractivity (Wildman–Crippen MR) is 128 cm³/mol. The van der Waals surface area contributed by atoms with Crippen molar-refractivity contribution in [2.45, 2.75) is 20.3 Å². The van der Waals surface area contributed by atoms with E-state index in [-0.39, 0.29) is 11.4 Å². The Morgan fingerprint density at radius 3 is 2.68 bits per heavy atom. The number of fused-ring (bicyclic) bond motifs is 1. The van der Waals surface area contributed by atoms with E-state index in [1.54, 1.807) is 17.4 Å². The number of nitrogens with one attached hydrogen (secondary N) is 1. The molecule has 0 fully saturated rings. The van der Waals surface area contributed by atoms with Crippen molar-refractivity contribution in [3.8, 4) is 5.69 Å². The smallest absolute Gasteiger partial charge is 0.283 e. The number of aryl methyl sites for hydroxylation is 1. The zero-order valence-corrected chi connectivity index (χ0v) is 18.6. The molecule has 1 amide bonds. The average Bonchev–Trinajstić information content (AvgIpc) is 3.46. The lowest BCUT2D eigenvalue weighted by Crippen LogP contribution is -2.35. The lowest BCUT2D eigenvalue weighted by atomic mass is 10.1. The number of thioether (sulfide) groups is 1. The van der Waals surface area contributed by atoms with Crippen LogP contribution in [0.25, 0.3) is 11.8 Å². The number of hydrogen-bond acceptors (Lipinski definition) is 5. The van der Waals surface area contributed by atoms with Gasteiger partial charge in [-0.3, -0.25) is 10.2 Å². The highest BCUT2D eigenvalue weighted by Gasteiger charge is 2.35. The van der Waals surface area contributed by atoms with Crippen LogP contribution in [0.3, 0.4) is 0 Å². The lowest BCUT2D eigenvalue weighted by molar-refractivity contribution is -0.114. The van der Waals surface area contributed by atoms with Crippen LogP contribution in [0, 0.1) is 19.3 Å². The Morgan fingerprint density at radius 2 is 1.94 bits per heavy atom. The fourth-order valence-electron chi connectivity index (χ4n) is 3.73. The molecular formula is C23H19N5OS2. The Balaban J connectivity index is 1.48. The van der Waals surface area contributed by atoms with Crippen molar-refractivity contribution in [3.05, 3.63) is 81.3 Å². The molecule has 8 heteroatoms. The van der Waals surface area contributed by atoms with Crippen LogP contribution < -0.4 is 0 Å². The number of nitrogens with zero attached hydrogens (tertiary/aromatic N) is 4. The molecule has 1 N–H and O–H groups in total. The summed E-state index contributed by atoms with van der Waals surface area (Å²) in [6.07, 6.45) is 2.43. The third-order valence-electron chi connectivity index (χ3n) is 5.19. The fraction of sp³-hybridized carbons (Fsp3) is 0.130. The second-order valence-electron chi connectivity index (χ2n) is 7.27.